The lowest BCUT2D eigenvalue weighted by Crippen LogP contribution is -2.49. The molecule has 2 aliphatic rings. The highest BCUT2D eigenvalue weighted by atomic mass is 16.2. The van der Waals surface area contributed by atoms with Crippen molar-refractivity contribution in [3.63, 3.8) is 0 Å². The van der Waals surface area contributed by atoms with Crippen LogP contribution in [-0.4, -0.2) is 44.9 Å². The number of anilines is 1. The molecular formula is C29H28N6O3. The minimum absolute atomic E-state index is 0.289. The van der Waals surface area contributed by atoms with Gasteiger partial charge in [0.15, 0.2) is 0 Å². The van der Waals surface area contributed by atoms with Crippen molar-refractivity contribution in [2.24, 2.45) is 4.99 Å². The molecule has 0 saturated heterocycles. The van der Waals surface area contributed by atoms with E-state index in [1.807, 2.05) is 87.5 Å². The van der Waals surface area contributed by atoms with Crippen LogP contribution in [-0.2, 0) is 15.3 Å². The summed E-state index contributed by atoms with van der Waals surface area (Å²) in [5.74, 6) is -0.851. The fourth-order valence-electron chi connectivity index (χ4n) is 5.55. The standard InChI is InChI=1S/C29H28N6O3/c1-17-15-18(2)24(19(3)16-17)33-28(38)34-29(4,35(33)34)27(37)31-25-26(36)32(5)22-14-10-9-13-21(22)23(30-25)20-11-7-6-8-12-20/h6-16,25H,1-5H3,(H,31,37)/t25-,29+,34?,35?/m1/s1. The number of benzodiazepines with no additional fused rings is 1. The molecule has 0 fully saturated rings. The van der Waals surface area contributed by atoms with E-state index in [4.69, 9.17) is 4.99 Å². The summed E-state index contributed by atoms with van der Waals surface area (Å²) in [5, 5.41) is 2.83. The molecule has 2 aliphatic heterocycles. The van der Waals surface area contributed by atoms with Crippen LogP contribution in [0.4, 0.5) is 5.69 Å². The number of likely N-dealkylation sites (N-methyl/N-ethyl adjacent to an activating group) is 1. The first-order valence-electron chi connectivity index (χ1n) is 12.5. The first kappa shape index (κ1) is 23.7. The van der Waals surface area contributed by atoms with Crippen LogP contribution in [0.3, 0.4) is 0 Å². The van der Waals surface area contributed by atoms with Crippen molar-refractivity contribution in [1.82, 2.24) is 19.5 Å². The average molecular weight is 509 g/mol. The molecule has 0 bridgehead atoms. The molecular weight excluding hydrogens is 480 g/mol. The highest BCUT2D eigenvalue weighted by molar-refractivity contribution is 6.20. The van der Waals surface area contributed by atoms with Crippen molar-refractivity contribution in [2.45, 2.75) is 39.5 Å². The lowest BCUT2D eigenvalue weighted by Gasteiger charge is -2.21. The van der Waals surface area contributed by atoms with Crippen molar-refractivity contribution in [1.29, 1.82) is 0 Å². The summed E-state index contributed by atoms with van der Waals surface area (Å²) in [6.45, 7) is 7.57. The molecule has 3 aromatic carbocycles. The van der Waals surface area contributed by atoms with Gasteiger partial charge in [-0.3, -0.25) is 9.59 Å². The number of carbonyl (C=O) groups is 2. The number of aryl methyl sites for hydroxylation is 3. The zero-order chi connectivity index (χ0) is 26.9. The normalized spacial score (nSPS) is 19.9. The number of aliphatic imine (C=N–C) groups is 1. The molecule has 1 N–H and O–H groups in total. The van der Waals surface area contributed by atoms with Crippen molar-refractivity contribution >= 4 is 23.2 Å². The van der Waals surface area contributed by atoms with Gasteiger partial charge in [0.05, 0.1) is 17.1 Å². The van der Waals surface area contributed by atoms with E-state index >= 15 is 0 Å². The largest absolute Gasteiger partial charge is 0.367 e. The van der Waals surface area contributed by atoms with Crippen LogP contribution in [0.15, 0.2) is 76.5 Å². The van der Waals surface area contributed by atoms with Crippen LogP contribution in [0.2, 0.25) is 0 Å². The number of hydrogen-bond donors (Lipinski definition) is 1. The first-order chi connectivity index (χ1) is 18.1. The van der Waals surface area contributed by atoms with Crippen LogP contribution in [0.1, 0.15) is 34.7 Å². The molecule has 0 spiro atoms. The lowest BCUT2D eigenvalue weighted by molar-refractivity contribution is -0.130. The molecule has 0 radical (unpaired) electrons. The Morgan fingerprint density at radius 3 is 2.26 bits per heavy atom. The summed E-state index contributed by atoms with van der Waals surface area (Å²) in [5.41, 5.74) is 5.14. The van der Waals surface area contributed by atoms with E-state index in [-0.39, 0.29) is 11.6 Å². The molecule has 4 aromatic rings. The summed E-state index contributed by atoms with van der Waals surface area (Å²) >= 11 is 0. The fourth-order valence-corrected chi connectivity index (χ4v) is 5.55. The Morgan fingerprint density at radius 1 is 0.947 bits per heavy atom. The lowest BCUT2D eigenvalue weighted by atomic mass is 10.0. The van der Waals surface area contributed by atoms with Crippen LogP contribution < -0.4 is 15.9 Å². The number of nitrogens with zero attached hydrogens (tertiary/aromatic N) is 5. The van der Waals surface area contributed by atoms with E-state index in [1.165, 1.54) is 14.3 Å². The van der Waals surface area contributed by atoms with E-state index in [1.54, 1.807) is 18.8 Å². The molecule has 0 unspecified atom stereocenters. The van der Waals surface area contributed by atoms with E-state index in [0.717, 1.165) is 33.5 Å². The first-order valence-corrected chi connectivity index (χ1v) is 12.5. The number of para-hydroxylation sites is 1. The molecule has 2 amide bonds. The highest BCUT2D eigenvalue weighted by Crippen LogP contribution is 2.36. The highest BCUT2D eigenvalue weighted by Gasteiger charge is 2.61. The van der Waals surface area contributed by atoms with Gasteiger partial charge in [0.25, 0.3) is 11.8 Å². The Labute approximate surface area is 219 Å². The van der Waals surface area contributed by atoms with Gasteiger partial charge in [-0.2, -0.15) is 14.2 Å². The summed E-state index contributed by atoms with van der Waals surface area (Å²) in [6, 6.07) is 21.1. The molecule has 0 aliphatic carbocycles. The molecule has 2 atom stereocenters. The summed E-state index contributed by atoms with van der Waals surface area (Å²) in [4.78, 5) is 48.2. The summed E-state index contributed by atoms with van der Waals surface area (Å²) in [7, 11) is 1.67. The van der Waals surface area contributed by atoms with Crippen molar-refractivity contribution in [3.05, 3.63) is 105 Å². The number of benzene rings is 3. The van der Waals surface area contributed by atoms with E-state index in [9.17, 15) is 14.4 Å². The van der Waals surface area contributed by atoms with Crippen LogP contribution in [0, 0.1) is 20.8 Å². The SMILES string of the molecule is Cc1cc(C)c(-n2c(=O)n3n2[C@@]3(C)C(=O)N[C@H]2N=C(c3ccccc3)c3ccccc3N(C)C2=O)c(C)c1. The van der Waals surface area contributed by atoms with E-state index in [2.05, 4.69) is 5.32 Å². The molecule has 192 valence electrons. The number of rotatable bonds is 4. The Balaban J connectivity index is 1.37. The summed E-state index contributed by atoms with van der Waals surface area (Å²) in [6.07, 6.45) is -1.17. The second kappa shape index (κ2) is 8.17. The second-order valence-electron chi connectivity index (χ2n) is 10.1. The van der Waals surface area contributed by atoms with Crippen LogP contribution >= 0.6 is 0 Å². The molecule has 9 heteroatoms. The van der Waals surface area contributed by atoms with Crippen molar-refractivity contribution in [2.75, 3.05) is 11.9 Å². The predicted octanol–water partition coefficient (Wildman–Crippen LogP) is 2.86. The number of fused-ring (bicyclic) bond motifs is 2. The van der Waals surface area contributed by atoms with Gasteiger partial charge >= 0.3 is 5.69 Å². The van der Waals surface area contributed by atoms with Crippen molar-refractivity contribution < 1.29 is 9.59 Å². The number of aromatic nitrogens is 3. The Hall–Kier alpha value is -4.66. The maximum Gasteiger partial charge on any atom is 0.367 e. The fraction of sp³-hybridized carbons (Fsp3) is 0.241. The smallest absolute Gasteiger partial charge is 0.323 e. The third-order valence-corrected chi connectivity index (χ3v) is 7.44. The Bertz CT molecular complexity index is 1700. The summed E-state index contributed by atoms with van der Waals surface area (Å²) < 4.78 is 2.92. The number of nitrogens with one attached hydrogen (secondary N) is 1. The maximum absolute atomic E-state index is 13.7. The number of hydrogen-bond acceptors (Lipinski definition) is 4. The molecule has 1 aromatic heterocycles. The zero-order valence-corrected chi connectivity index (χ0v) is 21.9. The van der Waals surface area contributed by atoms with Gasteiger partial charge in [0, 0.05) is 18.2 Å². The second-order valence-corrected chi connectivity index (χ2v) is 10.1. The van der Waals surface area contributed by atoms with Crippen LogP contribution in [0.25, 0.3) is 5.69 Å². The Morgan fingerprint density at radius 2 is 1.58 bits per heavy atom. The van der Waals surface area contributed by atoms with Gasteiger partial charge in [0.2, 0.25) is 11.8 Å². The minimum Gasteiger partial charge on any atom is -0.323 e. The third kappa shape index (κ3) is 3.24. The molecule has 9 nitrogen and oxygen atoms in total. The predicted molar refractivity (Wildman–Crippen MR) is 145 cm³/mol. The van der Waals surface area contributed by atoms with E-state index in [0.29, 0.717) is 11.4 Å². The quantitative estimate of drug-likeness (QED) is 0.459. The molecule has 38 heavy (non-hydrogen) atoms. The van der Waals surface area contributed by atoms with Gasteiger partial charge in [-0.15, -0.1) is 0 Å². The molecule has 3 heterocycles. The average Bonchev–Trinajstić information content (AvgIpc) is 3.50. The molecule has 6 rings (SSSR count). The van der Waals surface area contributed by atoms with Crippen molar-refractivity contribution in [3.8, 4) is 5.69 Å². The van der Waals surface area contributed by atoms with Gasteiger partial charge in [-0.1, -0.05) is 66.2 Å². The van der Waals surface area contributed by atoms with E-state index < -0.39 is 17.7 Å². The van der Waals surface area contributed by atoms with Gasteiger partial charge in [-0.05, 0) is 44.9 Å². The number of amides is 2. The van der Waals surface area contributed by atoms with Gasteiger partial charge in [0.1, 0.15) is 0 Å². The monoisotopic (exact) mass is 508 g/mol. The minimum atomic E-state index is -1.26. The third-order valence-electron chi connectivity index (χ3n) is 7.44. The van der Waals surface area contributed by atoms with Gasteiger partial charge in [-0.25, -0.2) is 9.79 Å². The van der Waals surface area contributed by atoms with Crippen LogP contribution in [0.5, 0.6) is 0 Å². The van der Waals surface area contributed by atoms with Gasteiger partial charge < -0.3 is 10.2 Å². The molecule has 0 saturated carbocycles. The Kier molecular flexibility index (Phi) is 5.10. The zero-order valence-electron chi connectivity index (χ0n) is 21.9. The maximum atomic E-state index is 13.7. The topological polar surface area (TPSA) is 93.6 Å². The number of carbonyl (C=O) groups excluding carboxylic acids is 2.